The molecule has 0 radical (unpaired) electrons. The SMILES string of the molecule is CCOc1cc(C2C(=C(O)c3ccc(OC)cc3C)C(=O)C(=O)N2CC[NH+](CC)CC)ccc1O. The number of methoxy groups -OCH3 is 1. The predicted molar refractivity (Wildman–Crippen MR) is 133 cm³/mol. The van der Waals surface area contributed by atoms with Gasteiger partial charge in [0.05, 0.1) is 51.5 Å². The van der Waals surface area contributed by atoms with Crippen molar-refractivity contribution >= 4 is 17.4 Å². The molecule has 1 aliphatic heterocycles. The van der Waals surface area contributed by atoms with E-state index >= 15 is 0 Å². The van der Waals surface area contributed by atoms with E-state index in [4.69, 9.17) is 9.47 Å². The number of aryl methyl sites for hydroxylation is 1. The van der Waals surface area contributed by atoms with Crippen LogP contribution >= 0.6 is 0 Å². The van der Waals surface area contributed by atoms with E-state index in [0.717, 1.165) is 13.1 Å². The van der Waals surface area contributed by atoms with Crippen LogP contribution in [0.3, 0.4) is 0 Å². The van der Waals surface area contributed by atoms with Gasteiger partial charge in [0, 0.05) is 5.56 Å². The maximum Gasteiger partial charge on any atom is 0.295 e. The second kappa shape index (κ2) is 11.3. The fourth-order valence-electron chi connectivity index (χ4n) is 4.49. The quantitative estimate of drug-likeness (QED) is 0.273. The summed E-state index contributed by atoms with van der Waals surface area (Å²) in [4.78, 5) is 29.3. The molecule has 0 aliphatic carbocycles. The van der Waals surface area contributed by atoms with Crippen molar-refractivity contribution in [2.45, 2.75) is 33.7 Å². The van der Waals surface area contributed by atoms with Crippen molar-refractivity contribution in [3.8, 4) is 17.2 Å². The number of likely N-dealkylation sites (tertiary alicyclic amines) is 1. The normalized spacial score (nSPS) is 17.3. The van der Waals surface area contributed by atoms with Gasteiger partial charge in [-0.25, -0.2) is 0 Å². The van der Waals surface area contributed by atoms with Crippen LogP contribution in [0.2, 0.25) is 0 Å². The molecule has 8 nitrogen and oxygen atoms in total. The molecule has 1 aliphatic rings. The smallest absolute Gasteiger partial charge is 0.295 e. The number of Topliss-reactive ketones (excluding diaryl/α,β-unsaturated/α-hetero) is 1. The largest absolute Gasteiger partial charge is 0.507 e. The molecule has 2 aromatic carbocycles. The average Bonchev–Trinajstić information content (AvgIpc) is 3.10. The maximum atomic E-state index is 13.3. The number of carbonyl (C=O) groups excluding carboxylic acids is 2. The minimum atomic E-state index is -0.814. The Bertz CT molecular complexity index is 1120. The number of benzene rings is 2. The van der Waals surface area contributed by atoms with Crippen LogP contribution in [0.15, 0.2) is 42.0 Å². The van der Waals surface area contributed by atoms with Gasteiger partial charge in [-0.15, -0.1) is 0 Å². The van der Waals surface area contributed by atoms with Crippen molar-refractivity contribution in [3.05, 3.63) is 58.7 Å². The second-order valence-electron chi connectivity index (χ2n) is 8.54. The minimum absolute atomic E-state index is 0.0194. The molecule has 0 bridgehead atoms. The number of ether oxygens (including phenoxy) is 2. The number of aliphatic hydroxyl groups excluding tert-OH is 1. The summed E-state index contributed by atoms with van der Waals surface area (Å²) in [5.74, 6) is -0.782. The highest BCUT2D eigenvalue weighted by atomic mass is 16.5. The number of amides is 1. The number of phenolic OH excluding ortho intramolecular Hbond substituents is 1. The molecule has 8 heteroatoms. The van der Waals surface area contributed by atoms with Gasteiger partial charge in [0.1, 0.15) is 11.5 Å². The fraction of sp³-hybridized carbons (Fsp3) is 0.407. The number of aromatic hydroxyl groups is 1. The standard InChI is InChI=1S/C27H34N2O6/c1-6-28(7-2)13-14-29-24(18-9-12-21(30)22(16-18)35-8-3)23(26(32)27(29)33)25(31)20-11-10-19(34-5)15-17(20)4/h9-12,15-16,24,30-31H,6-8,13-14H2,1-5H3/p+1. The Labute approximate surface area is 206 Å². The highest BCUT2D eigenvalue weighted by molar-refractivity contribution is 6.46. The third kappa shape index (κ3) is 5.27. The van der Waals surface area contributed by atoms with E-state index < -0.39 is 17.7 Å². The molecule has 1 amide bonds. The summed E-state index contributed by atoms with van der Waals surface area (Å²) < 4.78 is 10.8. The van der Waals surface area contributed by atoms with Gasteiger partial charge in [0.15, 0.2) is 11.5 Å². The zero-order valence-electron chi connectivity index (χ0n) is 21.1. The molecule has 1 fully saturated rings. The molecule has 0 spiro atoms. The summed E-state index contributed by atoms with van der Waals surface area (Å²) in [6, 6.07) is 9.08. The Morgan fingerprint density at radius 2 is 1.80 bits per heavy atom. The van der Waals surface area contributed by atoms with Crippen molar-refractivity contribution < 1.29 is 34.2 Å². The number of ketones is 1. The molecule has 0 saturated carbocycles. The molecule has 35 heavy (non-hydrogen) atoms. The summed E-state index contributed by atoms with van der Waals surface area (Å²) in [5.41, 5.74) is 1.76. The van der Waals surface area contributed by atoms with Crippen molar-refractivity contribution in [2.24, 2.45) is 0 Å². The summed E-state index contributed by atoms with van der Waals surface area (Å²) in [5, 5.41) is 21.6. The van der Waals surface area contributed by atoms with E-state index in [9.17, 15) is 19.8 Å². The average molecular weight is 484 g/mol. The third-order valence-corrected chi connectivity index (χ3v) is 6.53. The van der Waals surface area contributed by atoms with E-state index in [1.807, 2.05) is 0 Å². The van der Waals surface area contributed by atoms with E-state index in [-0.39, 0.29) is 22.8 Å². The van der Waals surface area contributed by atoms with Crippen LogP contribution < -0.4 is 14.4 Å². The Balaban J connectivity index is 2.17. The van der Waals surface area contributed by atoms with Crippen LogP contribution in [0, 0.1) is 6.92 Å². The number of hydrogen-bond acceptors (Lipinski definition) is 6. The lowest BCUT2D eigenvalue weighted by molar-refractivity contribution is -0.895. The van der Waals surface area contributed by atoms with Gasteiger partial charge in [0.2, 0.25) is 0 Å². The zero-order valence-corrected chi connectivity index (χ0v) is 21.1. The number of nitrogens with zero attached hydrogens (tertiary/aromatic N) is 1. The highest BCUT2D eigenvalue weighted by Crippen LogP contribution is 2.42. The maximum absolute atomic E-state index is 13.3. The molecular weight excluding hydrogens is 448 g/mol. The summed E-state index contributed by atoms with van der Waals surface area (Å²) in [7, 11) is 1.55. The van der Waals surface area contributed by atoms with Crippen molar-refractivity contribution in [2.75, 3.05) is 39.9 Å². The number of carbonyl (C=O) groups is 2. The zero-order chi connectivity index (χ0) is 25.7. The molecular formula is C27H35N2O6+. The van der Waals surface area contributed by atoms with E-state index in [2.05, 4.69) is 13.8 Å². The van der Waals surface area contributed by atoms with Crippen LogP contribution in [-0.4, -0.2) is 66.7 Å². The fourth-order valence-corrected chi connectivity index (χ4v) is 4.49. The Kier molecular flexibility index (Phi) is 8.40. The summed E-state index contributed by atoms with van der Waals surface area (Å²) >= 11 is 0. The molecule has 1 atom stereocenters. The lowest BCUT2D eigenvalue weighted by atomic mass is 9.93. The molecule has 2 aromatic rings. The number of likely N-dealkylation sites (N-methyl/N-ethyl adjacent to an activating group) is 1. The first-order chi connectivity index (χ1) is 16.8. The summed E-state index contributed by atoms with van der Waals surface area (Å²) in [6.45, 7) is 10.9. The van der Waals surface area contributed by atoms with Crippen molar-refractivity contribution in [3.63, 3.8) is 0 Å². The molecule has 1 heterocycles. The number of nitrogens with one attached hydrogen (secondary N) is 1. The summed E-state index contributed by atoms with van der Waals surface area (Å²) in [6.07, 6.45) is 0. The van der Waals surface area contributed by atoms with Gasteiger partial charge < -0.3 is 29.5 Å². The minimum Gasteiger partial charge on any atom is -0.507 e. The number of rotatable bonds is 10. The van der Waals surface area contributed by atoms with E-state index in [1.165, 1.54) is 15.9 Å². The second-order valence-corrected chi connectivity index (χ2v) is 8.54. The monoisotopic (exact) mass is 483 g/mol. The van der Waals surface area contributed by atoms with Gasteiger partial charge in [-0.2, -0.15) is 0 Å². The Hall–Kier alpha value is -3.52. The van der Waals surface area contributed by atoms with E-state index in [1.54, 1.807) is 51.3 Å². The van der Waals surface area contributed by atoms with Crippen LogP contribution in [0.1, 0.15) is 43.5 Å². The Morgan fingerprint density at radius 1 is 1.09 bits per heavy atom. The predicted octanol–water partition coefficient (Wildman–Crippen LogP) is 2.45. The number of aliphatic hydroxyl groups is 1. The lowest BCUT2D eigenvalue weighted by Crippen LogP contribution is -3.12. The first-order valence-corrected chi connectivity index (χ1v) is 12.0. The molecule has 1 saturated heterocycles. The van der Waals surface area contributed by atoms with E-state index in [0.29, 0.717) is 42.1 Å². The number of phenols is 1. The lowest BCUT2D eigenvalue weighted by Gasteiger charge is -2.27. The molecule has 3 N–H and O–H groups in total. The molecule has 1 unspecified atom stereocenters. The first-order valence-electron chi connectivity index (χ1n) is 12.0. The van der Waals surface area contributed by atoms with Crippen LogP contribution in [0.5, 0.6) is 17.2 Å². The van der Waals surface area contributed by atoms with Crippen molar-refractivity contribution in [1.82, 2.24) is 4.90 Å². The third-order valence-electron chi connectivity index (χ3n) is 6.53. The molecule has 3 rings (SSSR count). The van der Waals surface area contributed by atoms with Gasteiger partial charge in [0.25, 0.3) is 11.7 Å². The van der Waals surface area contributed by atoms with Crippen LogP contribution in [0.4, 0.5) is 0 Å². The Morgan fingerprint density at radius 3 is 2.40 bits per heavy atom. The number of hydrogen-bond donors (Lipinski definition) is 3. The van der Waals surface area contributed by atoms with Crippen LogP contribution in [-0.2, 0) is 9.59 Å². The highest BCUT2D eigenvalue weighted by Gasteiger charge is 2.46. The molecule has 188 valence electrons. The van der Waals surface area contributed by atoms with Crippen molar-refractivity contribution in [1.29, 1.82) is 0 Å². The van der Waals surface area contributed by atoms with Gasteiger partial charge in [-0.1, -0.05) is 6.07 Å². The van der Waals surface area contributed by atoms with Gasteiger partial charge in [-0.05, 0) is 69.2 Å². The molecule has 0 aromatic heterocycles. The number of quaternary nitrogens is 1. The first kappa shape index (κ1) is 26.1. The van der Waals surface area contributed by atoms with Gasteiger partial charge >= 0.3 is 0 Å². The van der Waals surface area contributed by atoms with Gasteiger partial charge in [-0.3, -0.25) is 9.59 Å². The van der Waals surface area contributed by atoms with Crippen LogP contribution in [0.25, 0.3) is 5.76 Å². The topological polar surface area (TPSA) is 101 Å².